The van der Waals surface area contributed by atoms with E-state index in [1.807, 2.05) is 36.5 Å². The number of ether oxygens (including phenoxy) is 6. The van der Waals surface area contributed by atoms with E-state index in [9.17, 15) is 45.3 Å². The van der Waals surface area contributed by atoms with E-state index in [-0.39, 0.29) is 19.4 Å². The highest BCUT2D eigenvalue weighted by molar-refractivity contribution is 5.70. The molecule has 0 aromatic heterocycles. The van der Waals surface area contributed by atoms with Crippen LogP contribution in [0.3, 0.4) is 0 Å². The van der Waals surface area contributed by atoms with Gasteiger partial charge in [-0.1, -0.05) is 126 Å². The van der Waals surface area contributed by atoms with Crippen LogP contribution in [-0.2, 0) is 38.0 Å². The van der Waals surface area contributed by atoms with Crippen molar-refractivity contribution in [1.82, 2.24) is 0 Å². The minimum absolute atomic E-state index is 0.134. The standard InChI is InChI=1S/C47H78O15/c1-3-5-7-9-11-13-15-16-17-18-20-22-24-26-28-30-39(50)60-35(32-57-38(49)29-27-25-23-21-19-14-12-10-8-6-4-2)33-58-46-45(56)43(54)41(52)37(62-46)34-59-47-44(55)42(53)40(51)36(31-48)61-47/h5,7,9-13,15-17,35-37,40-48,51-56H,3-4,6,8,14,18-34H2,1-2H3/b7-5+,11-9+,12-10+,15-13+,17-16+/t35-,36-,37-,40+,41+,42?,43?,44?,45?,46-,47-/m1/s1. The molecular formula is C47H78O15. The van der Waals surface area contributed by atoms with Crippen LogP contribution in [0.1, 0.15) is 129 Å². The maximum absolute atomic E-state index is 12.9. The smallest absolute Gasteiger partial charge is 0.306 e. The van der Waals surface area contributed by atoms with Gasteiger partial charge in [0, 0.05) is 12.8 Å². The summed E-state index contributed by atoms with van der Waals surface area (Å²) < 4.78 is 33.4. The Balaban J connectivity index is 1.87. The average molecular weight is 883 g/mol. The lowest BCUT2D eigenvalue weighted by Gasteiger charge is -2.42. The third-order valence-corrected chi connectivity index (χ3v) is 10.6. The fraction of sp³-hybridized carbons (Fsp3) is 0.745. The molecule has 2 aliphatic heterocycles. The van der Waals surface area contributed by atoms with Gasteiger partial charge in [-0.3, -0.25) is 9.59 Å². The van der Waals surface area contributed by atoms with Gasteiger partial charge in [0.25, 0.3) is 0 Å². The van der Waals surface area contributed by atoms with Crippen molar-refractivity contribution in [3.63, 3.8) is 0 Å². The summed E-state index contributed by atoms with van der Waals surface area (Å²) in [5.41, 5.74) is 0. The molecule has 4 unspecified atom stereocenters. The number of unbranched alkanes of at least 4 members (excludes halogenated alkanes) is 12. The summed E-state index contributed by atoms with van der Waals surface area (Å²) in [5.74, 6) is -0.972. The van der Waals surface area contributed by atoms with Crippen LogP contribution in [0, 0.1) is 0 Å². The fourth-order valence-electron chi connectivity index (χ4n) is 6.74. The van der Waals surface area contributed by atoms with E-state index in [1.54, 1.807) is 0 Å². The number of aliphatic hydroxyl groups is 7. The zero-order valence-corrected chi connectivity index (χ0v) is 37.1. The summed E-state index contributed by atoms with van der Waals surface area (Å²) in [6.07, 6.45) is 19.8. The molecule has 2 saturated heterocycles. The van der Waals surface area contributed by atoms with Crippen molar-refractivity contribution in [2.75, 3.05) is 26.4 Å². The Morgan fingerprint density at radius 3 is 1.65 bits per heavy atom. The Morgan fingerprint density at radius 1 is 0.532 bits per heavy atom. The van der Waals surface area contributed by atoms with Crippen molar-refractivity contribution in [2.24, 2.45) is 0 Å². The van der Waals surface area contributed by atoms with Gasteiger partial charge in [-0.2, -0.15) is 0 Å². The van der Waals surface area contributed by atoms with Crippen LogP contribution in [0.4, 0.5) is 0 Å². The molecule has 7 N–H and O–H groups in total. The third-order valence-electron chi connectivity index (χ3n) is 10.6. The number of allylic oxidation sites excluding steroid dienone is 10. The van der Waals surface area contributed by atoms with E-state index < -0.39 is 99.3 Å². The van der Waals surface area contributed by atoms with Crippen molar-refractivity contribution in [1.29, 1.82) is 0 Å². The van der Waals surface area contributed by atoms with E-state index in [1.165, 1.54) is 12.8 Å². The molecule has 2 rings (SSSR count). The first-order valence-electron chi connectivity index (χ1n) is 22.9. The van der Waals surface area contributed by atoms with Crippen LogP contribution in [0.2, 0.25) is 0 Å². The molecule has 0 bridgehead atoms. The number of carbonyl (C=O) groups is 2. The fourth-order valence-corrected chi connectivity index (χ4v) is 6.74. The van der Waals surface area contributed by atoms with Gasteiger partial charge in [0.05, 0.1) is 19.8 Å². The number of aliphatic hydroxyl groups excluding tert-OH is 7. The first kappa shape index (κ1) is 55.3. The third kappa shape index (κ3) is 23.2. The van der Waals surface area contributed by atoms with Crippen LogP contribution in [0.15, 0.2) is 60.8 Å². The molecule has 0 aliphatic carbocycles. The highest BCUT2D eigenvalue weighted by Crippen LogP contribution is 2.26. The van der Waals surface area contributed by atoms with Crippen LogP contribution in [-0.4, -0.2) is 142 Å². The average Bonchev–Trinajstić information content (AvgIpc) is 3.26. The van der Waals surface area contributed by atoms with Crippen LogP contribution in [0.5, 0.6) is 0 Å². The lowest BCUT2D eigenvalue weighted by atomic mass is 9.98. The van der Waals surface area contributed by atoms with Crippen LogP contribution in [0.25, 0.3) is 0 Å². The number of rotatable bonds is 33. The molecule has 62 heavy (non-hydrogen) atoms. The van der Waals surface area contributed by atoms with Crippen molar-refractivity contribution in [3.8, 4) is 0 Å². The molecular weight excluding hydrogens is 805 g/mol. The van der Waals surface area contributed by atoms with E-state index >= 15 is 0 Å². The Bertz CT molecular complexity index is 1320. The maximum Gasteiger partial charge on any atom is 0.306 e. The SMILES string of the molecule is CC/C=C/C=C/C=C/C=C/CCCCCCCC(=O)O[C@H](COC(=O)CCCCCCC/C=C/CCCC)CO[C@@H]1O[C@H](CO[C@@H]2O[C@H](CO)[C@H](O)C(O)C2O)[C@H](O)C(O)C1O. The number of carbonyl (C=O) groups excluding carboxylic acids is 2. The molecule has 0 spiro atoms. The van der Waals surface area contributed by atoms with Crippen LogP contribution < -0.4 is 0 Å². The summed E-state index contributed by atoms with van der Waals surface area (Å²) in [4.78, 5) is 25.6. The summed E-state index contributed by atoms with van der Waals surface area (Å²) in [6.45, 7) is 2.34. The second-order valence-corrected chi connectivity index (χ2v) is 15.9. The molecule has 15 nitrogen and oxygen atoms in total. The topological polar surface area (TPSA) is 231 Å². The zero-order valence-electron chi connectivity index (χ0n) is 37.1. The van der Waals surface area contributed by atoms with E-state index in [4.69, 9.17) is 28.4 Å². The van der Waals surface area contributed by atoms with E-state index in [2.05, 4.69) is 38.2 Å². The number of hydrogen-bond donors (Lipinski definition) is 7. The summed E-state index contributed by atoms with van der Waals surface area (Å²) in [6, 6.07) is 0. The Morgan fingerprint density at radius 2 is 1.03 bits per heavy atom. The van der Waals surface area contributed by atoms with Gasteiger partial charge < -0.3 is 64.2 Å². The van der Waals surface area contributed by atoms with E-state index in [0.29, 0.717) is 12.8 Å². The summed E-state index contributed by atoms with van der Waals surface area (Å²) >= 11 is 0. The summed E-state index contributed by atoms with van der Waals surface area (Å²) in [7, 11) is 0. The highest BCUT2D eigenvalue weighted by Gasteiger charge is 2.47. The first-order valence-corrected chi connectivity index (χ1v) is 22.9. The molecule has 0 saturated carbocycles. The first-order chi connectivity index (χ1) is 30.0. The molecule has 2 heterocycles. The van der Waals surface area contributed by atoms with Crippen molar-refractivity contribution in [2.45, 2.75) is 197 Å². The van der Waals surface area contributed by atoms with E-state index in [0.717, 1.165) is 77.0 Å². The van der Waals surface area contributed by atoms with Crippen molar-refractivity contribution in [3.05, 3.63) is 60.8 Å². The quantitative estimate of drug-likeness (QED) is 0.0201. The summed E-state index contributed by atoms with van der Waals surface area (Å²) in [5, 5.41) is 71.8. The highest BCUT2D eigenvalue weighted by atomic mass is 16.7. The minimum Gasteiger partial charge on any atom is -0.462 e. The molecule has 2 fully saturated rings. The maximum atomic E-state index is 12.9. The van der Waals surface area contributed by atoms with Gasteiger partial charge in [-0.05, 0) is 51.4 Å². The van der Waals surface area contributed by atoms with Gasteiger partial charge >= 0.3 is 11.9 Å². The molecule has 0 radical (unpaired) electrons. The Kier molecular flexibility index (Phi) is 30.9. The van der Waals surface area contributed by atoms with Crippen LogP contribution >= 0.6 is 0 Å². The largest absolute Gasteiger partial charge is 0.462 e. The van der Waals surface area contributed by atoms with Gasteiger partial charge in [-0.15, -0.1) is 0 Å². The lowest BCUT2D eigenvalue weighted by Crippen LogP contribution is -2.61. The van der Waals surface area contributed by atoms with Crippen molar-refractivity contribution >= 4 is 11.9 Å². The Labute approximate surface area is 369 Å². The molecule has 0 aromatic rings. The minimum atomic E-state index is -1.77. The molecule has 2 aliphatic rings. The molecule has 0 amide bonds. The second kappa shape index (κ2) is 34.6. The molecule has 15 heteroatoms. The molecule has 0 aromatic carbocycles. The Hall–Kier alpha value is -2.80. The van der Waals surface area contributed by atoms with Gasteiger partial charge in [0.2, 0.25) is 0 Å². The van der Waals surface area contributed by atoms with Crippen molar-refractivity contribution < 1.29 is 73.8 Å². The van der Waals surface area contributed by atoms with Gasteiger partial charge in [-0.25, -0.2) is 0 Å². The normalized spacial score (nSPS) is 27.6. The number of hydrogen-bond acceptors (Lipinski definition) is 15. The molecule has 356 valence electrons. The lowest BCUT2D eigenvalue weighted by molar-refractivity contribution is -0.332. The van der Waals surface area contributed by atoms with Gasteiger partial charge in [0.15, 0.2) is 18.7 Å². The predicted molar refractivity (Wildman–Crippen MR) is 233 cm³/mol. The zero-order chi connectivity index (χ0) is 45.4. The number of esters is 2. The predicted octanol–water partition coefficient (Wildman–Crippen LogP) is 4.92. The monoisotopic (exact) mass is 883 g/mol. The van der Waals surface area contributed by atoms with Gasteiger partial charge in [0.1, 0.15) is 55.4 Å². The molecule has 11 atom stereocenters. The second-order valence-electron chi connectivity index (χ2n) is 15.9.